The number of benzene rings is 1. The van der Waals surface area contributed by atoms with Crippen molar-refractivity contribution in [3.63, 3.8) is 0 Å². The Morgan fingerprint density at radius 3 is 2.32 bits per heavy atom. The Labute approximate surface area is 140 Å². The van der Waals surface area contributed by atoms with Crippen LogP contribution in [0, 0.1) is 5.41 Å². The second kappa shape index (κ2) is 6.82. The van der Waals surface area contributed by atoms with Crippen molar-refractivity contribution in [3.05, 3.63) is 34.3 Å². The molecule has 1 aromatic carbocycles. The quantitative estimate of drug-likeness (QED) is 0.765. The van der Waals surface area contributed by atoms with Crippen molar-refractivity contribution in [1.29, 1.82) is 0 Å². The molecule has 4 nitrogen and oxygen atoms in total. The highest BCUT2D eigenvalue weighted by Gasteiger charge is 2.29. The highest BCUT2D eigenvalue weighted by Crippen LogP contribution is 2.20. The van der Waals surface area contributed by atoms with Crippen LogP contribution in [0.5, 0.6) is 0 Å². The predicted molar refractivity (Wildman–Crippen MR) is 90.7 cm³/mol. The van der Waals surface area contributed by atoms with Crippen molar-refractivity contribution in [2.24, 2.45) is 5.41 Å². The Bertz CT molecular complexity index is 566. The molecule has 0 saturated carbocycles. The molecule has 1 heterocycles. The van der Waals surface area contributed by atoms with Crippen molar-refractivity contribution < 1.29 is 9.59 Å². The van der Waals surface area contributed by atoms with E-state index in [9.17, 15) is 9.59 Å². The average Bonchev–Trinajstić information content (AvgIpc) is 2.70. The van der Waals surface area contributed by atoms with Crippen LogP contribution in [0.2, 0.25) is 0 Å². The lowest BCUT2D eigenvalue weighted by Crippen LogP contribution is -2.42. The predicted octanol–water partition coefficient (Wildman–Crippen LogP) is 3.17. The van der Waals surface area contributed by atoms with Crippen molar-refractivity contribution in [3.8, 4) is 0 Å². The van der Waals surface area contributed by atoms with Gasteiger partial charge in [0.05, 0.1) is 0 Å². The molecule has 1 aliphatic heterocycles. The summed E-state index contributed by atoms with van der Waals surface area (Å²) in [6, 6.07) is 7.44. The molecule has 0 unspecified atom stereocenters. The van der Waals surface area contributed by atoms with E-state index in [2.05, 4.69) is 15.9 Å². The Morgan fingerprint density at radius 2 is 1.68 bits per heavy atom. The number of nitrogens with zero attached hydrogens (tertiary/aromatic N) is 2. The third kappa shape index (κ3) is 4.09. The van der Waals surface area contributed by atoms with Gasteiger partial charge in [0.2, 0.25) is 5.91 Å². The molecular formula is C17H23BrN2O2. The molecule has 0 atom stereocenters. The second-order valence-electron chi connectivity index (χ2n) is 6.70. The number of rotatable bonds is 1. The van der Waals surface area contributed by atoms with E-state index >= 15 is 0 Å². The summed E-state index contributed by atoms with van der Waals surface area (Å²) in [5, 5.41) is 0. The molecule has 5 heteroatoms. The first-order valence-electron chi connectivity index (χ1n) is 7.63. The number of hydrogen-bond acceptors (Lipinski definition) is 2. The summed E-state index contributed by atoms with van der Waals surface area (Å²) in [7, 11) is 0. The molecule has 1 aliphatic rings. The van der Waals surface area contributed by atoms with Crippen molar-refractivity contribution in [2.45, 2.75) is 27.2 Å². The minimum atomic E-state index is -0.372. The lowest BCUT2D eigenvalue weighted by molar-refractivity contribution is -0.139. The highest BCUT2D eigenvalue weighted by atomic mass is 79.9. The van der Waals surface area contributed by atoms with Crippen molar-refractivity contribution in [2.75, 3.05) is 26.2 Å². The molecule has 1 saturated heterocycles. The Hall–Kier alpha value is -1.36. The summed E-state index contributed by atoms with van der Waals surface area (Å²) in [4.78, 5) is 28.7. The summed E-state index contributed by atoms with van der Waals surface area (Å²) >= 11 is 3.40. The van der Waals surface area contributed by atoms with Crippen LogP contribution in [0.15, 0.2) is 28.7 Å². The molecule has 0 N–H and O–H groups in total. The maximum Gasteiger partial charge on any atom is 0.253 e. The molecular weight excluding hydrogens is 344 g/mol. The van der Waals surface area contributed by atoms with Crippen LogP contribution in [-0.2, 0) is 4.79 Å². The van der Waals surface area contributed by atoms with E-state index in [0.29, 0.717) is 25.2 Å². The Morgan fingerprint density at radius 1 is 1.05 bits per heavy atom. The van der Waals surface area contributed by atoms with Crippen molar-refractivity contribution in [1.82, 2.24) is 9.80 Å². The zero-order chi connectivity index (χ0) is 16.3. The third-order valence-corrected chi connectivity index (χ3v) is 4.28. The fourth-order valence-corrected chi connectivity index (χ4v) is 3.00. The van der Waals surface area contributed by atoms with Gasteiger partial charge in [-0.15, -0.1) is 0 Å². The Balaban J connectivity index is 2.04. The third-order valence-electron chi connectivity index (χ3n) is 3.78. The van der Waals surface area contributed by atoms with E-state index < -0.39 is 0 Å². The van der Waals surface area contributed by atoms with Crippen LogP contribution in [0.3, 0.4) is 0 Å². The normalized spacial score (nSPS) is 16.4. The zero-order valence-electron chi connectivity index (χ0n) is 13.4. The first-order chi connectivity index (χ1) is 10.3. The van der Waals surface area contributed by atoms with Crippen LogP contribution in [0.25, 0.3) is 0 Å². The highest BCUT2D eigenvalue weighted by molar-refractivity contribution is 9.10. The first-order valence-corrected chi connectivity index (χ1v) is 8.42. The van der Waals surface area contributed by atoms with Crippen LogP contribution in [0.1, 0.15) is 37.6 Å². The number of carbonyl (C=O) groups excluding carboxylic acids is 2. The topological polar surface area (TPSA) is 40.6 Å². The molecule has 2 rings (SSSR count). The smallest absolute Gasteiger partial charge is 0.253 e. The maximum atomic E-state index is 12.6. The SMILES string of the molecule is CC(C)(C)C(=O)N1CCCN(C(=O)c2cccc(Br)c2)CC1. The first kappa shape index (κ1) is 17.0. The number of amides is 2. The Kier molecular flexibility index (Phi) is 5.27. The van der Waals surface area contributed by atoms with Crippen LogP contribution in [0.4, 0.5) is 0 Å². The number of halogens is 1. The molecule has 0 radical (unpaired) electrons. The standard InChI is InChI=1S/C17H23BrN2O2/c1-17(2,3)16(22)20-9-5-8-19(10-11-20)15(21)13-6-4-7-14(18)12-13/h4,6-7,12H,5,8-11H2,1-3H3. The lowest BCUT2D eigenvalue weighted by atomic mass is 9.94. The molecule has 0 aromatic heterocycles. The van der Waals surface area contributed by atoms with Crippen LogP contribution >= 0.6 is 15.9 Å². The minimum Gasteiger partial charge on any atom is -0.340 e. The van der Waals surface area contributed by atoms with Crippen LogP contribution in [-0.4, -0.2) is 47.8 Å². The second-order valence-corrected chi connectivity index (χ2v) is 7.61. The summed E-state index contributed by atoms with van der Waals surface area (Å²) in [5.74, 6) is 0.190. The molecule has 0 aliphatic carbocycles. The molecule has 0 bridgehead atoms. The van der Waals surface area contributed by atoms with E-state index in [1.807, 2.05) is 54.8 Å². The van der Waals surface area contributed by atoms with Gasteiger partial charge in [-0.3, -0.25) is 9.59 Å². The van der Waals surface area contributed by atoms with Gasteiger partial charge in [-0.1, -0.05) is 42.8 Å². The number of hydrogen-bond donors (Lipinski definition) is 0. The molecule has 0 spiro atoms. The van der Waals surface area contributed by atoms with Crippen molar-refractivity contribution >= 4 is 27.7 Å². The molecule has 2 amide bonds. The number of carbonyl (C=O) groups is 2. The zero-order valence-corrected chi connectivity index (χ0v) is 15.0. The monoisotopic (exact) mass is 366 g/mol. The van der Waals surface area contributed by atoms with Gasteiger partial charge < -0.3 is 9.80 Å². The maximum absolute atomic E-state index is 12.6. The van der Waals surface area contributed by atoms with Gasteiger partial charge in [0, 0.05) is 41.6 Å². The lowest BCUT2D eigenvalue weighted by Gasteiger charge is -2.28. The molecule has 1 aromatic rings. The van der Waals surface area contributed by atoms with E-state index in [4.69, 9.17) is 0 Å². The van der Waals surface area contributed by atoms with Gasteiger partial charge in [-0.05, 0) is 24.6 Å². The van der Waals surface area contributed by atoms with Gasteiger partial charge in [-0.2, -0.15) is 0 Å². The summed E-state index contributed by atoms with van der Waals surface area (Å²) in [6.07, 6.45) is 0.821. The molecule has 22 heavy (non-hydrogen) atoms. The minimum absolute atomic E-state index is 0.0337. The van der Waals surface area contributed by atoms with E-state index in [-0.39, 0.29) is 17.2 Å². The van der Waals surface area contributed by atoms with Gasteiger partial charge in [-0.25, -0.2) is 0 Å². The molecule has 120 valence electrons. The van der Waals surface area contributed by atoms with E-state index in [1.54, 1.807) is 0 Å². The fourth-order valence-electron chi connectivity index (χ4n) is 2.60. The largest absolute Gasteiger partial charge is 0.340 e. The van der Waals surface area contributed by atoms with E-state index in [1.165, 1.54) is 0 Å². The van der Waals surface area contributed by atoms with Gasteiger partial charge in [0.25, 0.3) is 5.91 Å². The van der Waals surface area contributed by atoms with Gasteiger partial charge >= 0.3 is 0 Å². The fraction of sp³-hybridized carbons (Fsp3) is 0.529. The van der Waals surface area contributed by atoms with E-state index in [0.717, 1.165) is 17.4 Å². The summed E-state index contributed by atoms with van der Waals surface area (Å²) in [6.45, 7) is 8.42. The average molecular weight is 367 g/mol. The summed E-state index contributed by atoms with van der Waals surface area (Å²) in [5.41, 5.74) is 0.314. The summed E-state index contributed by atoms with van der Waals surface area (Å²) < 4.78 is 0.901. The molecule has 1 fully saturated rings. The van der Waals surface area contributed by atoms with Crippen LogP contribution < -0.4 is 0 Å². The van der Waals surface area contributed by atoms with Gasteiger partial charge in [0.1, 0.15) is 0 Å². The van der Waals surface area contributed by atoms with Gasteiger partial charge in [0.15, 0.2) is 0 Å².